The summed E-state index contributed by atoms with van der Waals surface area (Å²) in [6.07, 6.45) is -5.36. The third kappa shape index (κ3) is 3.39. The van der Waals surface area contributed by atoms with Crippen molar-refractivity contribution in [2.75, 3.05) is 6.26 Å². The SMILES string of the molecule is C[SH2+].O=S(=O)([O-])C(F)(F)C(F)(F)C(F)(F)C(F)(F)F. The van der Waals surface area contributed by atoms with Crippen LogP contribution in [-0.4, -0.2) is 42.5 Å². The van der Waals surface area contributed by atoms with Gasteiger partial charge in [-0.25, -0.2) is 8.42 Å². The Kier molecular flexibility index (Phi) is 6.12. The number of alkyl halides is 9. The lowest BCUT2D eigenvalue weighted by molar-refractivity contribution is -0.382. The first-order chi connectivity index (χ1) is 8.00. The van der Waals surface area contributed by atoms with Crippen LogP contribution in [0.25, 0.3) is 0 Å². The average Bonchev–Trinajstić information content (AvgIpc) is 2.16. The molecule has 0 aliphatic heterocycles. The number of hydrogen-bond acceptors (Lipinski definition) is 3. The van der Waals surface area contributed by atoms with Gasteiger partial charge in [0.2, 0.25) is 0 Å². The van der Waals surface area contributed by atoms with Gasteiger partial charge in [0.05, 0.1) is 6.26 Å². The zero-order valence-electron chi connectivity index (χ0n) is 8.53. The summed E-state index contributed by atoms with van der Waals surface area (Å²) in [6.45, 7) is 0. The molecule has 0 saturated heterocycles. The molecule has 14 heteroatoms. The Morgan fingerprint density at radius 1 is 0.789 bits per heavy atom. The van der Waals surface area contributed by atoms with Crippen LogP contribution in [-0.2, 0) is 22.7 Å². The molecule has 3 nitrogen and oxygen atoms in total. The number of rotatable bonds is 3. The maximum absolute atomic E-state index is 12.2. The van der Waals surface area contributed by atoms with E-state index in [1.807, 2.05) is 0 Å². The number of hydrogen-bond donors (Lipinski definition) is 0. The Morgan fingerprint density at radius 3 is 1.21 bits per heavy atom. The Labute approximate surface area is 105 Å². The summed E-state index contributed by atoms with van der Waals surface area (Å²) in [6, 6.07) is 0. The zero-order chi connectivity index (χ0) is 16.5. The monoisotopic (exact) mass is 348 g/mol. The summed E-state index contributed by atoms with van der Waals surface area (Å²) in [7, 11) is -7.42. The van der Waals surface area contributed by atoms with Crippen molar-refractivity contribution in [2.45, 2.75) is 23.3 Å². The van der Waals surface area contributed by atoms with Crippen molar-refractivity contribution < 1.29 is 52.5 Å². The van der Waals surface area contributed by atoms with Crippen molar-refractivity contribution in [3.8, 4) is 0 Å². The van der Waals surface area contributed by atoms with E-state index in [1.54, 1.807) is 6.26 Å². The van der Waals surface area contributed by atoms with E-state index in [2.05, 4.69) is 12.6 Å². The molecular formula is C5H5F9O3S2. The van der Waals surface area contributed by atoms with Gasteiger partial charge >= 0.3 is 23.3 Å². The first-order valence-electron chi connectivity index (χ1n) is 3.65. The Bertz CT molecular complexity index is 399. The van der Waals surface area contributed by atoms with Crippen LogP contribution in [0.2, 0.25) is 0 Å². The summed E-state index contributed by atoms with van der Waals surface area (Å²) in [5.41, 5.74) is 0. The van der Waals surface area contributed by atoms with Crippen LogP contribution in [0.3, 0.4) is 0 Å². The standard InChI is InChI=1S/C4HF9O3S.CH4S/c5-1(6,3(9,10)11)2(7,8)4(12,13)17(14,15)16;1-2/h(H,14,15,16);2H,1H3. The van der Waals surface area contributed by atoms with Crippen molar-refractivity contribution in [3.05, 3.63) is 0 Å². The van der Waals surface area contributed by atoms with E-state index in [1.165, 1.54) is 0 Å². The lowest BCUT2D eigenvalue weighted by Crippen LogP contribution is -2.63. The Hall–Kier alpha value is -0.370. The van der Waals surface area contributed by atoms with Gasteiger partial charge in [-0.2, -0.15) is 39.5 Å². The fourth-order valence-corrected chi connectivity index (χ4v) is 0.960. The Balaban J connectivity index is 0. The molecule has 0 atom stereocenters. The van der Waals surface area contributed by atoms with Crippen LogP contribution in [0.5, 0.6) is 0 Å². The van der Waals surface area contributed by atoms with Gasteiger partial charge in [-0.3, -0.25) is 0 Å². The highest BCUT2D eigenvalue weighted by molar-refractivity contribution is 7.86. The van der Waals surface area contributed by atoms with Gasteiger partial charge in [-0.15, -0.1) is 0 Å². The van der Waals surface area contributed by atoms with Crippen LogP contribution in [0.4, 0.5) is 39.5 Å². The molecule has 0 aromatic carbocycles. The highest BCUT2D eigenvalue weighted by atomic mass is 32.2. The van der Waals surface area contributed by atoms with Crippen LogP contribution < -0.4 is 0 Å². The van der Waals surface area contributed by atoms with Crippen LogP contribution in [0, 0.1) is 0 Å². The lowest BCUT2D eigenvalue weighted by atomic mass is 10.1. The van der Waals surface area contributed by atoms with Crippen molar-refractivity contribution in [3.63, 3.8) is 0 Å². The van der Waals surface area contributed by atoms with Crippen molar-refractivity contribution in [1.29, 1.82) is 0 Å². The molecule has 0 bridgehead atoms. The first-order valence-corrected chi connectivity index (χ1v) is 6.06. The van der Waals surface area contributed by atoms with E-state index < -0.39 is 33.4 Å². The fraction of sp³-hybridized carbons (Fsp3) is 1.00. The second-order valence-electron chi connectivity index (χ2n) is 2.62. The first kappa shape index (κ1) is 20.9. The molecule has 0 aliphatic carbocycles. The molecule has 0 saturated carbocycles. The molecule has 0 N–H and O–H groups in total. The van der Waals surface area contributed by atoms with E-state index in [0.29, 0.717) is 0 Å². The topological polar surface area (TPSA) is 57.2 Å². The quantitative estimate of drug-likeness (QED) is 0.442. The molecule has 0 fully saturated rings. The van der Waals surface area contributed by atoms with Gasteiger partial charge in [0.25, 0.3) is 0 Å². The van der Waals surface area contributed by atoms with Gasteiger partial charge < -0.3 is 4.55 Å². The van der Waals surface area contributed by atoms with Gasteiger partial charge in [0.1, 0.15) is 0 Å². The molecule has 0 unspecified atom stereocenters. The van der Waals surface area contributed by atoms with Gasteiger partial charge in [0.15, 0.2) is 10.1 Å². The molecule has 0 aliphatic rings. The van der Waals surface area contributed by atoms with E-state index in [-0.39, 0.29) is 0 Å². The molecule has 19 heavy (non-hydrogen) atoms. The van der Waals surface area contributed by atoms with E-state index >= 15 is 0 Å². The van der Waals surface area contributed by atoms with Gasteiger partial charge in [-0.05, 0) is 12.6 Å². The highest BCUT2D eigenvalue weighted by Gasteiger charge is 2.83. The van der Waals surface area contributed by atoms with Crippen LogP contribution >= 0.6 is 0 Å². The fourth-order valence-electron chi connectivity index (χ4n) is 0.518. The summed E-state index contributed by atoms with van der Waals surface area (Å²) < 4.78 is 135. The van der Waals surface area contributed by atoms with Gasteiger partial charge in [-0.1, -0.05) is 0 Å². The largest absolute Gasteiger partial charge is 0.743 e. The molecule has 118 valence electrons. The molecule has 0 spiro atoms. The maximum atomic E-state index is 12.2. The third-order valence-electron chi connectivity index (χ3n) is 1.43. The van der Waals surface area contributed by atoms with Crippen LogP contribution in [0.1, 0.15) is 0 Å². The maximum Gasteiger partial charge on any atom is 0.460 e. The second-order valence-corrected chi connectivity index (χ2v) is 4.04. The van der Waals surface area contributed by atoms with Crippen molar-refractivity contribution in [1.82, 2.24) is 0 Å². The predicted octanol–water partition coefficient (Wildman–Crippen LogP) is 1.58. The summed E-state index contributed by atoms with van der Waals surface area (Å²) in [5, 5.41) is -7.11. The number of halogens is 9. The van der Waals surface area contributed by atoms with E-state index in [9.17, 15) is 52.5 Å². The average molecular weight is 348 g/mol. The molecule has 0 amide bonds. The molecule has 0 radical (unpaired) electrons. The highest BCUT2D eigenvalue weighted by Crippen LogP contribution is 2.54. The third-order valence-corrected chi connectivity index (χ3v) is 2.31. The van der Waals surface area contributed by atoms with E-state index in [0.717, 1.165) is 0 Å². The van der Waals surface area contributed by atoms with Gasteiger partial charge in [0, 0.05) is 0 Å². The predicted molar refractivity (Wildman–Crippen MR) is 46.7 cm³/mol. The normalized spacial score (nSPS) is 14.7. The minimum absolute atomic E-state index is 1.81. The minimum atomic E-state index is -7.43. The zero-order valence-corrected chi connectivity index (χ0v) is 10.4. The summed E-state index contributed by atoms with van der Waals surface area (Å²) in [4.78, 5) is 0. The molecule has 0 aromatic heterocycles. The summed E-state index contributed by atoms with van der Waals surface area (Å²) in [5.74, 6) is -14.8. The van der Waals surface area contributed by atoms with E-state index in [4.69, 9.17) is 0 Å². The van der Waals surface area contributed by atoms with Crippen molar-refractivity contribution >= 4 is 22.7 Å². The Morgan fingerprint density at radius 2 is 1.05 bits per heavy atom. The van der Waals surface area contributed by atoms with Crippen LogP contribution in [0.15, 0.2) is 0 Å². The minimum Gasteiger partial charge on any atom is -0.743 e. The molecule has 0 aromatic rings. The molecular weight excluding hydrogens is 343 g/mol. The van der Waals surface area contributed by atoms with Crippen molar-refractivity contribution in [2.24, 2.45) is 0 Å². The molecule has 0 rings (SSSR count). The second kappa shape index (κ2) is 5.55. The smallest absolute Gasteiger partial charge is 0.460 e. The summed E-state index contributed by atoms with van der Waals surface area (Å²) >= 11 is 2.97. The molecule has 0 heterocycles. The lowest BCUT2D eigenvalue weighted by Gasteiger charge is -2.34.